The van der Waals surface area contributed by atoms with Gasteiger partial charge < -0.3 is 9.84 Å². The first-order valence-corrected chi connectivity index (χ1v) is 9.39. The van der Waals surface area contributed by atoms with Gasteiger partial charge >= 0.3 is 0 Å². The van der Waals surface area contributed by atoms with Crippen molar-refractivity contribution in [3.8, 4) is 0 Å². The van der Waals surface area contributed by atoms with Gasteiger partial charge in [0.2, 0.25) is 10.0 Å². The van der Waals surface area contributed by atoms with Crippen molar-refractivity contribution < 1.29 is 21.7 Å². The summed E-state index contributed by atoms with van der Waals surface area (Å²) in [6.07, 6.45) is 0.597. The standard InChI is InChI=1S/C16H19F2N3O3S/c1-9-16(10(2)24-20-9)25(22,23)21-15-8-19-6-5-12(15)11-3-4-13(17)14(18)7-11/h3-4,7,12,15,19,21H,5-6,8H2,1-2H3. The molecule has 6 nitrogen and oxygen atoms in total. The van der Waals surface area contributed by atoms with Gasteiger partial charge in [-0.2, -0.15) is 0 Å². The predicted molar refractivity (Wildman–Crippen MR) is 86.7 cm³/mol. The first-order valence-electron chi connectivity index (χ1n) is 7.90. The largest absolute Gasteiger partial charge is 0.360 e. The van der Waals surface area contributed by atoms with Crippen molar-refractivity contribution in [1.29, 1.82) is 0 Å². The Morgan fingerprint density at radius 1 is 1.28 bits per heavy atom. The number of sulfonamides is 1. The van der Waals surface area contributed by atoms with Gasteiger partial charge in [-0.25, -0.2) is 21.9 Å². The minimum Gasteiger partial charge on any atom is -0.360 e. The van der Waals surface area contributed by atoms with Crippen LogP contribution in [0.3, 0.4) is 0 Å². The van der Waals surface area contributed by atoms with Crippen molar-refractivity contribution in [3.05, 3.63) is 46.9 Å². The lowest BCUT2D eigenvalue weighted by Gasteiger charge is -2.33. The summed E-state index contributed by atoms with van der Waals surface area (Å²) < 4.78 is 59.8. The second-order valence-electron chi connectivity index (χ2n) is 6.15. The summed E-state index contributed by atoms with van der Waals surface area (Å²) in [6.45, 7) is 4.12. The monoisotopic (exact) mass is 371 g/mol. The van der Waals surface area contributed by atoms with Gasteiger partial charge in [-0.3, -0.25) is 0 Å². The SMILES string of the molecule is Cc1noc(C)c1S(=O)(=O)NC1CNCCC1c1ccc(F)c(F)c1. The molecule has 2 N–H and O–H groups in total. The highest BCUT2D eigenvalue weighted by Crippen LogP contribution is 2.29. The molecule has 9 heteroatoms. The molecule has 3 rings (SSSR count). The van der Waals surface area contributed by atoms with Crippen molar-refractivity contribution in [1.82, 2.24) is 15.2 Å². The van der Waals surface area contributed by atoms with E-state index >= 15 is 0 Å². The molecule has 25 heavy (non-hydrogen) atoms. The lowest BCUT2D eigenvalue weighted by molar-refractivity contribution is 0.375. The Morgan fingerprint density at radius 3 is 2.68 bits per heavy atom. The van der Waals surface area contributed by atoms with E-state index in [0.29, 0.717) is 25.1 Å². The average Bonchev–Trinajstić information content (AvgIpc) is 2.90. The molecule has 0 bridgehead atoms. The van der Waals surface area contributed by atoms with Gasteiger partial charge in [-0.05, 0) is 44.5 Å². The van der Waals surface area contributed by atoms with Crippen LogP contribution in [0.1, 0.15) is 29.4 Å². The van der Waals surface area contributed by atoms with Gasteiger partial charge in [0.05, 0.1) is 0 Å². The highest BCUT2D eigenvalue weighted by molar-refractivity contribution is 7.89. The van der Waals surface area contributed by atoms with Crippen LogP contribution in [0.5, 0.6) is 0 Å². The summed E-state index contributed by atoms with van der Waals surface area (Å²) in [5.41, 5.74) is 0.838. The van der Waals surface area contributed by atoms with E-state index < -0.39 is 27.7 Å². The van der Waals surface area contributed by atoms with Gasteiger partial charge in [0.25, 0.3) is 0 Å². The van der Waals surface area contributed by atoms with E-state index in [9.17, 15) is 17.2 Å². The summed E-state index contributed by atoms with van der Waals surface area (Å²) in [6, 6.07) is 3.18. The minimum absolute atomic E-state index is 0.0158. The molecule has 136 valence electrons. The lowest BCUT2D eigenvalue weighted by Crippen LogP contribution is -2.50. The number of nitrogens with zero attached hydrogens (tertiary/aromatic N) is 1. The third-order valence-electron chi connectivity index (χ3n) is 4.40. The predicted octanol–water partition coefficient (Wildman–Crippen LogP) is 1.99. The van der Waals surface area contributed by atoms with Crippen LogP contribution in [0.25, 0.3) is 0 Å². The van der Waals surface area contributed by atoms with E-state index in [1.807, 2.05) is 0 Å². The fraction of sp³-hybridized carbons (Fsp3) is 0.438. The minimum atomic E-state index is -3.85. The van der Waals surface area contributed by atoms with Crippen molar-refractivity contribution in [2.45, 2.75) is 37.1 Å². The Balaban J connectivity index is 1.90. The van der Waals surface area contributed by atoms with Crippen LogP contribution in [0.2, 0.25) is 0 Å². The first-order chi connectivity index (χ1) is 11.8. The van der Waals surface area contributed by atoms with E-state index in [4.69, 9.17) is 4.52 Å². The Hall–Kier alpha value is -1.84. The topological polar surface area (TPSA) is 84.2 Å². The zero-order chi connectivity index (χ0) is 18.2. The van der Waals surface area contributed by atoms with Crippen molar-refractivity contribution in [2.75, 3.05) is 13.1 Å². The number of aromatic nitrogens is 1. The maximum absolute atomic E-state index is 13.6. The zero-order valence-corrected chi connectivity index (χ0v) is 14.7. The van der Waals surface area contributed by atoms with E-state index in [0.717, 1.165) is 12.1 Å². The molecule has 1 fully saturated rings. The molecule has 2 unspecified atom stereocenters. The van der Waals surface area contributed by atoms with Crippen LogP contribution >= 0.6 is 0 Å². The number of piperidine rings is 1. The molecule has 1 aliphatic rings. The fourth-order valence-electron chi connectivity index (χ4n) is 3.24. The lowest BCUT2D eigenvalue weighted by atomic mass is 9.86. The quantitative estimate of drug-likeness (QED) is 0.859. The summed E-state index contributed by atoms with van der Waals surface area (Å²) >= 11 is 0. The van der Waals surface area contributed by atoms with Crippen LogP contribution in [-0.4, -0.2) is 32.7 Å². The van der Waals surface area contributed by atoms with Gasteiger partial charge in [-0.1, -0.05) is 11.2 Å². The Bertz CT molecular complexity index is 863. The molecule has 0 radical (unpaired) electrons. The second-order valence-corrected chi connectivity index (χ2v) is 7.80. The second kappa shape index (κ2) is 6.81. The molecular formula is C16H19F2N3O3S. The van der Waals surface area contributed by atoms with E-state index in [1.54, 1.807) is 6.92 Å². The molecule has 2 heterocycles. The van der Waals surface area contributed by atoms with Crippen LogP contribution in [0.15, 0.2) is 27.6 Å². The highest BCUT2D eigenvalue weighted by atomic mass is 32.2. The molecule has 1 saturated heterocycles. The van der Waals surface area contributed by atoms with E-state index in [-0.39, 0.29) is 22.3 Å². The van der Waals surface area contributed by atoms with Crippen LogP contribution in [0.4, 0.5) is 8.78 Å². The number of aryl methyl sites for hydroxylation is 2. The number of nitrogens with one attached hydrogen (secondary N) is 2. The Kier molecular flexibility index (Phi) is 4.90. The Morgan fingerprint density at radius 2 is 2.04 bits per heavy atom. The maximum Gasteiger partial charge on any atom is 0.246 e. The van der Waals surface area contributed by atoms with Gasteiger partial charge in [0.15, 0.2) is 17.4 Å². The molecule has 1 aromatic carbocycles. The summed E-state index contributed by atoms with van der Waals surface area (Å²) in [4.78, 5) is 0.0158. The van der Waals surface area contributed by atoms with Crippen LogP contribution < -0.4 is 10.0 Å². The van der Waals surface area contributed by atoms with Gasteiger partial charge in [0.1, 0.15) is 10.6 Å². The molecular weight excluding hydrogens is 352 g/mol. The summed E-state index contributed by atoms with van der Waals surface area (Å²) in [7, 11) is -3.85. The fourth-order valence-corrected chi connectivity index (χ4v) is 4.85. The first kappa shape index (κ1) is 18.0. The number of hydrogen-bond acceptors (Lipinski definition) is 5. The average molecular weight is 371 g/mol. The summed E-state index contributed by atoms with van der Waals surface area (Å²) in [5.74, 6) is -1.93. The molecule has 0 amide bonds. The third-order valence-corrected chi connectivity index (χ3v) is 6.13. The van der Waals surface area contributed by atoms with Crippen molar-refractivity contribution >= 4 is 10.0 Å². The Labute approximate surface area is 144 Å². The smallest absolute Gasteiger partial charge is 0.246 e. The van der Waals surface area contributed by atoms with Gasteiger partial charge in [-0.15, -0.1) is 0 Å². The molecule has 1 aliphatic heterocycles. The number of hydrogen-bond donors (Lipinski definition) is 2. The third kappa shape index (κ3) is 3.58. The normalized spacial score (nSPS) is 21.4. The van der Waals surface area contributed by atoms with E-state index in [1.165, 1.54) is 13.0 Å². The maximum atomic E-state index is 13.6. The zero-order valence-electron chi connectivity index (χ0n) is 13.8. The molecule has 2 aromatic rings. The van der Waals surface area contributed by atoms with E-state index in [2.05, 4.69) is 15.2 Å². The number of halogens is 2. The molecule has 2 atom stereocenters. The molecule has 0 spiro atoms. The molecule has 1 aromatic heterocycles. The van der Waals surface area contributed by atoms with Crippen molar-refractivity contribution in [3.63, 3.8) is 0 Å². The highest BCUT2D eigenvalue weighted by Gasteiger charge is 2.33. The summed E-state index contributed by atoms with van der Waals surface area (Å²) in [5, 5.41) is 6.80. The molecule has 0 saturated carbocycles. The van der Waals surface area contributed by atoms with Crippen molar-refractivity contribution in [2.24, 2.45) is 0 Å². The number of rotatable bonds is 4. The van der Waals surface area contributed by atoms with Crippen LogP contribution in [-0.2, 0) is 10.0 Å². The number of benzene rings is 1. The van der Waals surface area contributed by atoms with Crippen LogP contribution in [0, 0.1) is 25.5 Å². The molecule has 0 aliphatic carbocycles. The van der Waals surface area contributed by atoms with Gasteiger partial charge in [0, 0.05) is 18.5 Å².